The fourth-order valence-electron chi connectivity index (χ4n) is 2.02. The standard InChI is InChI=1S/C14H18FN3O2S/c1-16-9-13-8-14(10-17(13)2)21(19,20)18(3)12-6-4-11(15)5-7-12/h4-8,10,16H,9H2,1-3H3. The molecule has 0 aliphatic rings. The van der Waals surface area contributed by atoms with Crippen molar-refractivity contribution in [1.29, 1.82) is 0 Å². The maximum atomic E-state index is 12.9. The lowest BCUT2D eigenvalue weighted by Crippen LogP contribution is -2.26. The maximum Gasteiger partial charge on any atom is 0.265 e. The Hall–Kier alpha value is -1.86. The molecule has 1 aromatic heterocycles. The number of hydrogen-bond donors (Lipinski definition) is 1. The number of anilines is 1. The van der Waals surface area contributed by atoms with Crippen LogP contribution in [0.4, 0.5) is 10.1 Å². The molecule has 0 unspecified atom stereocenters. The number of hydrogen-bond acceptors (Lipinski definition) is 3. The molecule has 0 bridgehead atoms. The predicted octanol–water partition coefficient (Wildman–Crippen LogP) is 1.71. The minimum absolute atomic E-state index is 0.210. The Morgan fingerprint density at radius 3 is 2.48 bits per heavy atom. The van der Waals surface area contributed by atoms with Gasteiger partial charge >= 0.3 is 0 Å². The molecule has 0 atom stereocenters. The van der Waals surface area contributed by atoms with Gasteiger partial charge in [-0.05, 0) is 37.4 Å². The zero-order valence-corrected chi connectivity index (χ0v) is 13.0. The van der Waals surface area contributed by atoms with Gasteiger partial charge in [-0.2, -0.15) is 0 Å². The van der Waals surface area contributed by atoms with Crippen molar-refractivity contribution in [3.8, 4) is 0 Å². The second kappa shape index (κ2) is 5.87. The molecule has 1 N–H and O–H groups in total. The Morgan fingerprint density at radius 1 is 1.29 bits per heavy atom. The van der Waals surface area contributed by atoms with E-state index in [1.54, 1.807) is 30.9 Å². The molecule has 5 nitrogen and oxygen atoms in total. The third-order valence-electron chi connectivity index (χ3n) is 3.29. The van der Waals surface area contributed by atoms with Crippen LogP contribution in [0.2, 0.25) is 0 Å². The number of halogens is 1. The van der Waals surface area contributed by atoms with Crippen LogP contribution in [-0.2, 0) is 23.6 Å². The van der Waals surface area contributed by atoms with Crippen molar-refractivity contribution in [2.45, 2.75) is 11.4 Å². The van der Waals surface area contributed by atoms with Crippen LogP contribution in [0.5, 0.6) is 0 Å². The van der Waals surface area contributed by atoms with Crippen LogP contribution in [0, 0.1) is 5.82 Å². The highest BCUT2D eigenvalue weighted by molar-refractivity contribution is 7.92. The normalized spacial score (nSPS) is 11.6. The molecule has 2 aromatic rings. The molecule has 0 radical (unpaired) electrons. The Bertz CT molecular complexity index is 723. The molecule has 0 saturated heterocycles. The molecule has 0 aliphatic heterocycles. The molecule has 0 spiro atoms. The summed E-state index contributed by atoms with van der Waals surface area (Å²) in [5.41, 5.74) is 1.28. The molecule has 1 aromatic carbocycles. The summed E-state index contributed by atoms with van der Waals surface area (Å²) in [5, 5.41) is 2.99. The molecular formula is C14H18FN3O2S. The topological polar surface area (TPSA) is 54.3 Å². The lowest BCUT2D eigenvalue weighted by molar-refractivity contribution is 0.594. The van der Waals surface area contributed by atoms with Gasteiger partial charge in [-0.3, -0.25) is 4.31 Å². The summed E-state index contributed by atoms with van der Waals surface area (Å²) in [5.74, 6) is -0.402. The molecule has 1 heterocycles. The van der Waals surface area contributed by atoms with Crippen molar-refractivity contribution in [1.82, 2.24) is 9.88 Å². The summed E-state index contributed by atoms with van der Waals surface area (Å²) >= 11 is 0. The van der Waals surface area contributed by atoms with Gasteiger partial charge in [-0.25, -0.2) is 12.8 Å². The van der Waals surface area contributed by atoms with Crippen LogP contribution in [0.1, 0.15) is 5.69 Å². The number of benzene rings is 1. The Kier molecular flexibility index (Phi) is 4.34. The average molecular weight is 311 g/mol. The summed E-state index contributed by atoms with van der Waals surface area (Å²) in [4.78, 5) is 0.210. The summed E-state index contributed by atoms with van der Waals surface area (Å²) in [6, 6.07) is 6.97. The van der Waals surface area contributed by atoms with Gasteiger partial charge in [0.05, 0.1) is 5.69 Å². The second-order valence-electron chi connectivity index (χ2n) is 4.76. The molecule has 0 amide bonds. The highest BCUT2D eigenvalue weighted by atomic mass is 32.2. The Labute approximate surface area is 124 Å². The Balaban J connectivity index is 2.37. The quantitative estimate of drug-likeness (QED) is 0.914. The van der Waals surface area contributed by atoms with Gasteiger partial charge < -0.3 is 9.88 Å². The summed E-state index contributed by atoms with van der Waals surface area (Å²) in [7, 11) is 1.38. The maximum absolute atomic E-state index is 12.9. The summed E-state index contributed by atoms with van der Waals surface area (Å²) < 4.78 is 41.0. The first-order valence-corrected chi connectivity index (χ1v) is 7.84. The van der Waals surface area contributed by atoms with E-state index in [1.807, 2.05) is 0 Å². The highest BCUT2D eigenvalue weighted by Crippen LogP contribution is 2.23. The summed E-state index contributed by atoms with van der Waals surface area (Å²) in [6.07, 6.45) is 1.57. The Morgan fingerprint density at radius 2 is 1.90 bits per heavy atom. The van der Waals surface area contributed by atoms with Crippen LogP contribution < -0.4 is 9.62 Å². The highest BCUT2D eigenvalue weighted by Gasteiger charge is 2.23. The summed E-state index contributed by atoms with van der Waals surface area (Å²) in [6.45, 7) is 0.576. The van der Waals surface area contributed by atoms with E-state index in [9.17, 15) is 12.8 Å². The van der Waals surface area contributed by atoms with E-state index in [0.717, 1.165) is 10.00 Å². The van der Waals surface area contributed by atoms with Crippen LogP contribution in [0.15, 0.2) is 41.4 Å². The first-order chi connectivity index (χ1) is 9.86. The fourth-order valence-corrected chi connectivity index (χ4v) is 3.31. The lowest BCUT2D eigenvalue weighted by atomic mass is 10.3. The van der Waals surface area contributed by atoms with Crippen molar-refractivity contribution in [3.63, 3.8) is 0 Å². The lowest BCUT2D eigenvalue weighted by Gasteiger charge is -2.18. The van der Waals surface area contributed by atoms with Crippen LogP contribution in [0.25, 0.3) is 0 Å². The van der Waals surface area contributed by atoms with Crippen LogP contribution >= 0.6 is 0 Å². The fraction of sp³-hybridized carbons (Fsp3) is 0.286. The molecule has 0 fully saturated rings. The predicted molar refractivity (Wildman–Crippen MR) is 80.2 cm³/mol. The van der Waals surface area contributed by atoms with Gasteiger partial charge in [0.25, 0.3) is 10.0 Å². The second-order valence-corrected chi connectivity index (χ2v) is 6.73. The first kappa shape index (κ1) is 15.5. The SMILES string of the molecule is CNCc1cc(S(=O)(=O)N(C)c2ccc(F)cc2)cn1C. The number of aromatic nitrogens is 1. The monoisotopic (exact) mass is 311 g/mol. The molecular weight excluding hydrogens is 293 g/mol. The van der Waals surface area contributed by atoms with E-state index < -0.39 is 15.8 Å². The van der Waals surface area contributed by atoms with Gasteiger partial charge in [0.1, 0.15) is 10.7 Å². The number of sulfonamides is 1. The van der Waals surface area contributed by atoms with Crippen LogP contribution in [0.3, 0.4) is 0 Å². The van der Waals surface area contributed by atoms with E-state index in [4.69, 9.17) is 0 Å². The van der Waals surface area contributed by atoms with Gasteiger partial charge in [-0.1, -0.05) is 0 Å². The van der Waals surface area contributed by atoms with Gasteiger partial charge in [0.2, 0.25) is 0 Å². The largest absolute Gasteiger partial charge is 0.352 e. The molecule has 0 aliphatic carbocycles. The molecule has 2 rings (SSSR count). The zero-order valence-electron chi connectivity index (χ0n) is 12.2. The first-order valence-electron chi connectivity index (χ1n) is 6.40. The average Bonchev–Trinajstić information content (AvgIpc) is 2.81. The minimum atomic E-state index is -3.66. The molecule has 114 valence electrons. The zero-order chi connectivity index (χ0) is 15.6. The molecule has 7 heteroatoms. The van der Waals surface area contributed by atoms with E-state index in [-0.39, 0.29) is 4.90 Å². The van der Waals surface area contributed by atoms with E-state index >= 15 is 0 Å². The third-order valence-corrected chi connectivity index (χ3v) is 5.04. The van der Waals surface area contributed by atoms with E-state index in [1.165, 1.54) is 31.3 Å². The van der Waals surface area contributed by atoms with Crippen molar-refractivity contribution in [2.24, 2.45) is 7.05 Å². The van der Waals surface area contributed by atoms with Crippen molar-refractivity contribution in [2.75, 3.05) is 18.4 Å². The molecule has 0 saturated carbocycles. The third kappa shape index (κ3) is 3.08. The number of nitrogens with one attached hydrogen (secondary N) is 1. The van der Waals surface area contributed by atoms with Crippen LogP contribution in [-0.4, -0.2) is 27.1 Å². The van der Waals surface area contributed by atoms with Crippen molar-refractivity contribution in [3.05, 3.63) is 48.0 Å². The van der Waals surface area contributed by atoms with Gasteiger partial charge in [0, 0.05) is 32.5 Å². The van der Waals surface area contributed by atoms with Crippen molar-refractivity contribution < 1.29 is 12.8 Å². The molecule has 21 heavy (non-hydrogen) atoms. The smallest absolute Gasteiger partial charge is 0.265 e. The minimum Gasteiger partial charge on any atom is -0.352 e. The van der Waals surface area contributed by atoms with Gasteiger partial charge in [-0.15, -0.1) is 0 Å². The number of rotatable bonds is 5. The number of nitrogens with zero attached hydrogens (tertiary/aromatic N) is 2. The van der Waals surface area contributed by atoms with E-state index in [0.29, 0.717) is 12.2 Å². The number of aryl methyl sites for hydroxylation is 1. The van der Waals surface area contributed by atoms with E-state index in [2.05, 4.69) is 5.32 Å². The van der Waals surface area contributed by atoms with Gasteiger partial charge in [0.15, 0.2) is 0 Å². The van der Waals surface area contributed by atoms with Crippen molar-refractivity contribution >= 4 is 15.7 Å².